The topological polar surface area (TPSA) is 53.2 Å². The van der Waals surface area contributed by atoms with E-state index >= 15 is 0 Å². The fraction of sp³-hybridized carbons (Fsp3) is 0.462. The minimum Gasteiger partial charge on any atom is -0.496 e. The summed E-state index contributed by atoms with van der Waals surface area (Å²) in [6.45, 7) is 2.22. The van der Waals surface area contributed by atoms with Crippen molar-refractivity contribution in [2.75, 3.05) is 19.5 Å². The maximum absolute atomic E-state index is 8.93. The molecule has 1 atom stereocenters. The molecular weight excluding hydrogens is 234 g/mol. The van der Waals surface area contributed by atoms with Crippen molar-refractivity contribution in [1.82, 2.24) is 0 Å². The summed E-state index contributed by atoms with van der Waals surface area (Å²) in [5.74, 6) is 2.80. The molecule has 0 fully saturated rings. The van der Waals surface area contributed by atoms with Crippen LogP contribution in [0.4, 0.5) is 0 Å². The standard InChI is InChI=1S/C13H17NO2S/c1-10(7-15)8-17-9-12-5-11(6-14)3-4-13(12)16-2/h3-5,10,15H,7-9H2,1-2H3. The normalized spacial score (nSPS) is 11.9. The van der Waals surface area contributed by atoms with Crippen molar-refractivity contribution in [2.45, 2.75) is 12.7 Å². The fourth-order valence-electron chi connectivity index (χ4n) is 1.38. The number of methoxy groups -OCH3 is 1. The van der Waals surface area contributed by atoms with Gasteiger partial charge in [0.25, 0.3) is 0 Å². The first-order chi connectivity index (χ1) is 8.21. The first kappa shape index (κ1) is 13.9. The van der Waals surface area contributed by atoms with Gasteiger partial charge in [-0.3, -0.25) is 0 Å². The van der Waals surface area contributed by atoms with Gasteiger partial charge in [0, 0.05) is 17.9 Å². The summed E-state index contributed by atoms with van der Waals surface area (Å²) in [4.78, 5) is 0. The third kappa shape index (κ3) is 4.29. The molecule has 1 aromatic carbocycles. The highest BCUT2D eigenvalue weighted by atomic mass is 32.2. The largest absolute Gasteiger partial charge is 0.496 e. The zero-order chi connectivity index (χ0) is 12.7. The summed E-state index contributed by atoms with van der Waals surface area (Å²) in [7, 11) is 1.63. The van der Waals surface area contributed by atoms with Crippen molar-refractivity contribution >= 4 is 11.8 Å². The maximum Gasteiger partial charge on any atom is 0.122 e. The SMILES string of the molecule is COc1ccc(C#N)cc1CSCC(C)CO. The smallest absolute Gasteiger partial charge is 0.122 e. The predicted octanol–water partition coefficient (Wildman–Crippen LogP) is 2.43. The molecule has 0 aliphatic heterocycles. The van der Waals surface area contributed by atoms with Crippen molar-refractivity contribution in [3.8, 4) is 11.8 Å². The average molecular weight is 251 g/mol. The van der Waals surface area contributed by atoms with Gasteiger partial charge in [0.1, 0.15) is 5.75 Å². The molecule has 1 N–H and O–H groups in total. The number of benzene rings is 1. The summed E-state index contributed by atoms with van der Waals surface area (Å²) in [5.41, 5.74) is 1.68. The number of thioether (sulfide) groups is 1. The van der Waals surface area contributed by atoms with Gasteiger partial charge < -0.3 is 9.84 Å². The second-order valence-electron chi connectivity index (χ2n) is 3.94. The molecule has 0 radical (unpaired) electrons. The zero-order valence-corrected chi connectivity index (χ0v) is 11.0. The molecule has 17 heavy (non-hydrogen) atoms. The molecule has 1 aromatic rings. The van der Waals surface area contributed by atoms with E-state index in [2.05, 4.69) is 6.07 Å². The summed E-state index contributed by atoms with van der Waals surface area (Å²) in [5, 5.41) is 17.8. The molecule has 4 heteroatoms. The number of ether oxygens (including phenoxy) is 1. The molecule has 0 aliphatic rings. The van der Waals surface area contributed by atoms with Crippen LogP contribution in [0.1, 0.15) is 18.1 Å². The van der Waals surface area contributed by atoms with Crippen LogP contribution in [0.3, 0.4) is 0 Å². The van der Waals surface area contributed by atoms with E-state index in [0.29, 0.717) is 11.5 Å². The van der Waals surface area contributed by atoms with Crippen molar-refractivity contribution < 1.29 is 9.84 Å². The minimum absolute atomic E-state index is 0.211. The molecule has 0 aromatic heterocycles. The Bertz CT molecular complexity index is 401. The van der Waals surface area contributed by atoms with Crippen molar-refractivity contribution in [3.05, 3.63) is 29.3 Å². The van der Waals surface area contributed by atoms with Crippen LogP contribution >= 0.6 is 11.8 Å². The minimum atomic E-state index is 0.211. The number of nitrogens with zero attached hydrogens (tertiary/aromatic N) is 1. The van der Waals surface area contributed by atoms with Gasteiger partial charge >= 0.3 is 0 Å². The molecule has 3 nitrogen and oxygen atoms in total. The molecule has 0 amide bonds. The molecule has 92 valence electrons. The summed E-state index contributed by atoms with van der Waals surface area (Å²) < 4.78 is 5.26. The molecule has 0 saturated carbocycles. The summed E-state index contributed by atoms with van der Waals surface area (Å²) in [6.07, 6.45) is 0. The highest BCUT2D eigenvalue weighted by molar-refractivity contribution is 7.98. The average Bonchev–Trinajstić information content (AvgIpc) is 2.38. The highest BCUT2D eigenvalue weighted by Gasteiger charge is 2.06. The van der Waals surface area contributed by atoms with Crippen LogP contribution in [0.15, 0.2) is 18.2 Å². The van der Waals surface area contributed by atoms with Crippen LogP contribution in [-0.2, 0) is 5.75 Å². The van der Waals surface area contributed by atoms with E-state index in [4.69, 9.17) is 15.1 Å². The van der Waals surface area contributed by atoms with Crippen molar-refractivity contribution in [2.24, 2.45) is 5.92 Å². The number of aliphatic hydroxyl groups excluding tert-OH is 1. The van der Waals surface area contributed by atoms with E-state index < -0.39 is 0 Å². The van der Waals surface area contributed by atoms with Gasteiger partial charge in [-0.05, 0) is 29.9 Å². The number of hydrogen-bond acceptors (Lipinski definition) is 4. The Kier molecular flexibility index (Phi) is 5.88. The van der Waals surface area contributed by atoms with E-state index in [0.717, 1.165) is 22.8 Å². The monoisotopic (exact) mass is 251 g/mol. The van der Waals surface area contributed by atoms with Gasteiger partial charge in [-0.2, -0.15) is 17.0 Å². The number of nitriles is 1. The Balaban J connectivity index is 2.65. The molecule has 1 rings (SSSR count). The van der Waals surface area contributed by atoms with Crippen LogP contribution in [0.25, 0.3) is 0 Å². The zero-order valence-electron chi connectivity index (χ0n) is 10.1. The van der Waals surface area contributed by atoms with Gasteiger partial charge in [0.2, 0.25) is 0 Å². The Morgan fingerprint density at radius 2 is 2.29 bits per heavy atom. The maximum atomic E-state index is 8.93. The lowest BCUT2D eigenvalue weighted by atomic mass is 10.1. The van der Waals surface area contributed by atoms with Crippen molar-refractivity contribution in [3.63, 3.8) is 0 Å². The molecule has 0 saturated heterocycles. The predicted molar refractivity (Wildman–Crippen MR) is 70.1 cm³/mol. The fourth-order valence-corrected chi connectivity index (χ4v) is 2.45. The van der Waals surface area contributed by atoms with E-state index in [1.165, 1.54) is 0 Å². The highest BCUT2D eigenvalue weighted by Crippen LogP contribution is 2.25. The Labute approximate surface area is 106 Å². The van der Waals surface area contributed by atoms with Crippen LogP contribution in [-0.4, -0.2) is 24.6 Å². The van der Waals surface area contributed by atoms with Gasteiger partial charge in [0.05, 0.1) is 18.7 Å². The Morgan fingerprint density at radius 1 is 1.53 bits per heavy atom. The summed E-state index contributed by atoms with van der Waals surface area (Å²) in [6, 6.07) is 7.56. The number of hydrogen-bond donors (Lipinski definition) is 1. The van der Waals surface area contributed by atoms with E-state index in [9.17, 15) is 0 Å². The van der Waals surface area contributed by atoms with E-state index in [-0.39, 0.29) is 6.61 Å². The van der Waals surface area contributed by atoms with E-state index in [1.807, 2.05) is 19.1 Å². The third-order valence-corrected chi connectivity index (χ3v) is 3.70. The Morgan fingerprint density at radius 3 is 2.88 bits per heavy atom. The Hall–Kier alpha value is -1.18. The summed E-state index contributed by atoms with van der Waals surface area (Å²) >= 11 is 1.74. The molecule has 1 unspecified atom stereocenters. The van der Waals surface area contributed by atoms with Crippen LogP contribution in [0, 0.1) is 17.2 Å². The van der Waals surface area contributed by atoms with Crippen molar-refractivity contribution in [1.29, 1.82) is 5.26 Å². The molecular formula is C13H17NO2S. The van der Waals surface area contributed by atoms with Crippen LogP contribution < -0.4 is 4.74 Å². The van der Waals surface area contributed by atoms with Gasteiger partial charge in [0.15, 0.2) is 0 Å². The lowest BCUT2D eigenvalue weighted by Crippen LogP contribution is -2.03. The first-order valence-corrected chi connectivity index (χ1v) is 6.62. The lowest BCUT2D eigenvalue weighted by molar-refractivity contribution is 0.250. The molecule has 0 aliphatic carbocycles. The third-order valence-electron chi connectivity index (χ3n) is 2.38. The molecule has 0 bridgehead atoms. The lowest BCUT2D eigenvalue weighted by Gasteiger charge is -2.10. The van der Waals surface area contributed by atoms with Crippen LogP contribution in [0.5, 0.6) is 5.75 Å². The number of rotatable bonds is 6. The van der Waals surface area contributed by atoms with E-state index in [1.54, 1.807) is 24.9 Å². The van der Waals surface area contributed by atoms with Gasteiger partial charge in [-0.25, -0.2) is 0 Å². The molecule has 0 heterocycles. The second-order valence-corrected chi connectivity index (χ2v) is 4.97. The van der Waals surface area contributed by atoms with Gasteiger partial charge in [-0.1, -0.05) is 6.92 Å². The van der Waals surface area contributed by atoms with Crippen LogP contribution in [0.2, 0.25) is 0 Å². The first-order valence-electron chi connectivity index (χ1n) is 5.46. The van der Waals surface area contributed by atoms with Gasteiger partial charge in [-0.15, -0.1) is 0 Å². The molecule has 0 spiro atoms. The quantitative estimate of drug-likeness (QED) is 0.843. The second kappa shape index (κ2) is 7.21. The number of aliphatic hydroxyl groups is 1.